The molecule has 0 saturated heterocycles. The fraction of sp³-hybridized carbons (Fsp3) is 0.903. The molecule has 0 radical (unpaired) electrons. The molecule has 0 amide bonds. The van der Waals surface area contributed by atoms with Gasteiger partial charge in [-0.25, -0.2) is 0 Å². The third-order valence-corrected chi connectivity index (χ3v) is 12.7. The van der Waals surface area contributed by atoms with Crippen LogP contribution in [0.1, 0.15) is 113 Å². The molecular formula is C31H52O2. The van der Waals surface area contributed by atoms with E-state index in [1.165, 1.54) is 64.0 Å². The number of allylic oxidation sites excluding steroid dienone is 1. The lowest BCUT2D eigenvalue weighted by molar-refractivity contribution is -0.216. The fourth-order valence-corrected chi connectivity index (χ4v) is 10.7. The molecule has 0 aliphatic heterocycles. The number of carbonyl (C=O) groups is 1. The van der Waals surface area contributed by atoms with Crippen LogP contribution in [0.2, 0.25) is 0 Å². The predicted octanol–water partition coefficient (Wildman–Crippen LogP) is 8.45. The molecule has 4 fully saturated rings. The van der Waals surface area contributed by atoms with Gasteiger partial charge in [0.25, 0.3) is 0 Å². The quantitative estimate of drug-likeness (QED) is 0.306. The number of rotatable bonds is 5. The van der Waals surface area contributed by atoms with Crippen LogP contribution in [0.3, 0.4) is 0 Å². The first-order chi connectivity index (χ1) is 15.3. The minimum atomic E-state index is -0.0528. The zero-order valence-corrected chi connectivity index (χ0v) is 23.1. The summed E-state index contributed by atoms with van der Waals surface area (Å²) in [6.45, 7) is 22.2. The van der Waals surface area contributed by atoms with Crippen molar-refractivity contribution in [3.8, 4) is 0 Å². The summed E-state index contributed by atoms with van der Waals surface area (Å²) in [7, 11) is 1.53. The number of hydrogen-bond acceptors (Lipinski definition) is 2. The van der Waals surface area contributed by atoms with Crippen LogP contribution in [0.5, 0.6) is 0 Å². The van der Waals surface area contributed by atoms with Gasteiger partial charge in [-0.15, -0.1) is 0 Å². The molecule has 2 heteroatoms. The molecule has 4 rings (SSSR count). The summed E-state index contributed by atoms with van der Waals surface area (Å²) in [6.07, 6.45) is 12.5. The van der Waals surface area contributed by atoms with Crippen LogP contribution in [0.4, 0.5) is 0 Å². The van der Waals surface area contributed by atoms with Crippen molar-refractivity contribution in [1.82, 2.24) is 0 Å². The molecule has 0 aromatic rings. The number of ether oxygens (including phenoxy) is 1. The average molecular weight is 457 g/mol. The molecule has 0 aromatic carbocycles. The molecule has 0 aromatic heterocycles. The third-order valence-electron chi connectivity index (χ3n) is 12.7. The van der Waals surface area contributed by atoms with Gasteiger partial charge in [0, 0.05) is 6.42 Å². The minimum absolute atomic E-state index is 0.0528. The normalized spacial score (nSPS) is 49.2. The van der Waals surface area contributed by atoms with Crippen molar-refractivity contribution in [3.05, 3.63) is 12.2 Å². The Balaban J connectivity index is 1.72. The van der Waals surface area contributed by atoms with E-state index in [0.717, 1.165) is 30.1 Å². The van der Waals surface area contributed by atoms with Crippen LogP contribution in [-0.4, -0.2) is 13.1 Å². The summed E-state index contributed by atoms with van der Waals surface area (Å²) in [5, 5.41) is 0. The SMILES string of the molecule is C=C(C)[C@@H]1CC[C@]2(C)[C@H](CC[C@@H]3[C@H]4[C@H](C(C)C)CC[C@]4(C)CC[C@]32C)[C@@]1(C)CCC(=O)OC. The highest BCUT2D eigenvalue weighted by atomic mass is 16.5. The zero-order chi connectivity index (χ0) is 24.4. The van der Waals surface area contributed by atoms with Crippen molar-refractivity contribution in [2.75, 3.05) is 7.11 Å². The Morgan fingerprint density at radius 1 is 0.970 bits per heavy atom. The topological polar surface area (TPSA) is 26.3 Å². The van der Waals surface area contributed by atoms with Gasteiger partial charge in [-0.2, -0.15) is 0 Å². The lowest BCUT2D eigenvalue weighted by atomic mass is 9.34. The van der Waals surface area contributed by atoms with E-state index in [9.17, 15) is 4.79 Å². The van der Waals surface area contributed by atoms with Gasteiger partial charge < -0.3 is 4.74 Å². The van der Waals surface area contributed by atoms with Crippen LogP contribution < -0.4 is 0 Å². The summed E-state index contributed by atoms with van der Waals surface area (Å²) < 4.78 is 5.08. The van der Waals surface area contributed by atoms with Gasteiger partial charge in [0.05, 0.1) is 7.11 Å². The second kappa shape index (κ2) is 8.41. The molecule has 0 unspecified atom stereocenters. The van der Waals surface area contributed by atoms with Crippen molar-refractivity contribution >= 4 is 5.97 Å². The van der Waals surface area contributed by atoms with E-state index in [4.69, 9.17) is 4.74 Å². The monoisotopic (exact) mass is 456 g/mol. The third kappa shape index (κ3) is 3.58. The van der Waals surface area contributed by atoms with E-state index < -0.39 is 0 Å². The Morgan fingerprint density at radius 3 is 2.27 bits per heavy atom. The summed E-state index contributed by atoms with van der Waals surface area (Å²) in [4.78, 5) is 12.2. The minimum Gasteiger partial charge on any atom is -0.469 e. The Bertz CT molecular complexity index is 784. The Labute approximate surface area is 204 Å². The van der Waals surface area contributed by atoms with Gasteiger partial charge in [-0.3, -0.25) is 4.79 Å². The molecule has 0 N–H and O–H groups in total. The first-order valence-electron chi connectivity index (χ1n) is 14.1. The number of esters is 1. The van der Waals surface area contributed by atoms with E-state index >= 15 is 0 Å². The van der Waals surface area contributed by atoms with E-state index in [2.05, 4.69) is 55.0 Å². The summed E-state index contributed by atoms with van der Waals surface area (Å²) in [5.41, 5.74) is 2.77. The smallest absolute Gasteiger partial charge is 0.305 e. The molecule has 9 atom stereocenters. The maximum atomic E-state index is 12.2. The second-order valence-electron chi connectivity index (χ2n) is 14.2. The lowest BCUT2D eigenvalue weighted by Crippen LogP contribution is -2.63. The number of fused-ring (bicyclic) bond motifs is 5. The van der Waals surface area contributed by atoms with Gasteiger partial charge in [-0.05, 0) is 122 Å². The van der Waals surface area contributed by atoms with Gasteiger partial charge in [0.2, 0.25) is 0 Å². The highest BCUT2D eigenvalue weighted by molar-refractivity contribution is 5.69. The molecular weight excluding hydrogens is 404 g/mol. The van der Waals surface area contributed by atoms with Crippen molar-refractivity contribution in [2.45, 2.75) is 113 Å². The van der Waals surface area contributed by atoms with Crippen LogP contribution in [0.15, 0.2) is 12.2 Å². The highest BCUT2D eigenvalue weighted by Gasteiger charge is 2.68. The maximum absolute atomic E-state index is 12.2. The van der Waals surface area contributed by atoms with E-state index in [0.29, 0.717) is 34.5 Å². The maximum Gasteiger partial charge on any atom is 0.305 e. The zero-order valence-electron chi connectivity index (χ0n) is 23.1. The van der Waals surface area contributed by atoms with E-state index in [-0.39, 0.29) is 11.4 Å². The van der Waals surface area contributed by atoms with Gasteiger partial charge in [-0.1, -0.05) is 53.7 Å². The largest absolute Gasteiger partial charge is 0.469 e. The molecule has 4 aliphatic carbocycles. The standard InChI is InChI=1S/C31H52O2/c1-20(2)22-12-15-28(5)18-19-30(7)24(27(22)28)10-11-25-29(6,16-14-26(32)33-9)23(21(3)4)13-17-31(25,30)8/h20,22-25,27H,3,10-19H2,1-2,4-9H3/t22-,23-,24+,25+,27+,28+,29-,30+,31+/m0/s1. The van der Waals surface area contributed by atoms with Gasteiger partial charge in [0.1, 0.15) is 0 Å². The van der Waals surface area contributed by atoms with E-state index in [1.807, 2.05) is 0 Å². The fourth-order valence-electron chi connectivity index (χ4n) is 10.7. The number of methoxy groups -OCH3 is 1. The molecule has 0 heterocycles. The molecule has 0 spiro atoms. The first kappa shape index (κ1) is 25.3. The Morgan fingerprint density at radius 2 is 1.67 bits per heavy atom. The van der Waals surface area contributed by atoms with Crippen molar-refractivity contribution in [2.24, 2.45) is 57.2 Å². The van der Waals surface area contributed by atoms with E-state index in [1.54, 1.807) is 0 Å². The first-order valence-corrected chi connectivity index (χ1v) is 14.1. The predicted molar refractivity (Wildman–Crippen MR) is 138 cm³/mol. The average Bonchev–Trinajstić information content (AvgIpc) is 3.10. The van der Waals surface area contributed by atoms with Crippen molar-refractivity contribution in [1.29, 1.82) is 0 Å². The molecule has 2 nitrogen and oxygen atoms in total. The number of carbonyl (C=O) groups excluding carboxylic acids is 1. The van der Waals surface area contributed by atoms with Crippen molar-refractivity contribution < 1.29 is 9.53 Å². The molecule has 33 heavy (non-hydrogen) atoms. The summed E-state index contributed by atoms with van der Waals surface area (Å²) in [6, 6.07) is 0. The number of hydrogen-bond donors (Lipinski definition) is 0. The van der Waals surface area contributed by atoms with Crippen LogP contribution in [0.25, 0.3) is 0 Å². The molecule has 4 saturated carbocycles. The van der Waals surface area contributed by atoms with Gasteiger partial charge >= 0.3 is 5.97 Å². The van der Waals surface area contributed by atoms with Gasteiger partial charge in [0.15, 0.2) is 0 Å². The van der Waals surface area contributed by atoms with Crippen LogP contribution in [0, 0.1) is 57.2 Å². The Hall–Kier alpha value is -0.790. The van der Waals surface area contributed by atoms with Crippen molar-refractivity contribution in [3.63, 3.8) is 0 Å². The molecule has 0 bridgehead atoms. The second-order valence-corrected chi connectivity index (χ2v) is 14.2. The summed E-state index contributed by atoms with van der Waals surface area (Å²) in [5.74, 6) is 4.58. The van der Waals surface area contributed by atoms with Crippen LogP contribution >= 0.6 is 0 Å². The van der Waals surface area contributed by atoms with Crippen LogP contribution in [-0.2, 0) is 9.53 Å². The molecule has 188 valence electrons. The lowest BCUT2D eigenvalue weighted by Gasteiger charge is -2.71. The molecule has 4 aliphatic rings. The highest BCUT2D eigenvalue weighted by Crippen LogP contribution is 2.76. The summed E-state index contributed by atoms with van der Waals surface area (Å²) >= 11 is 0. The Kier molecular flexibility index (Phi) is 6.45.